The van der Waals surface area contributed by atoms with E-state index in [-0.39, 0.29) is 48.8 Å². The van der Waals surface area contributed by atoms with Gasteiger partial charge in [0.25, 0.3) is 0 Å². The summed E-state index contributed by atoms with van der Waals surface area (Å²) in [4.78, 5) is 20.5. The van der Waals surface area contributed by atoms with E-state index in [9.17, 15) is 9.59 Å². The quantitative estimate of drug-likeness (QED) is 0.647. The maximum atomic E-state index is 10.3. The van der Waals surface area contributed by atoms with Crippen molar-refractivity contribution >= 4 is 11.9 Å². The van der Waals surface area contributed by atoms with Gasteiger partial charge in [-0.1, -0.05) is 24.3 Å². The van der Waals surface area contributed by atoms with Crippen LogP contribution >= 0.6 is 0 Å². The second-order valence-electron chi connectivity index (χ2n) is 3.64. The number of hydrogen-bond donors (Lipinski definition) is 4. The summed E-state index contributed by atoms with van der Waals surface area (Å²) in [5.74, 6) is -2.62. The summed E-state index contributed by atoms with van der Waals surface area (Å²) < 4.78 is 0. The summed E-state index contributed by atoms with van der Waals surface area (Å²) in [7, 11) is 0. The molecule has 0 unspecified atom stereocenters. The fourth-order valence-electron chi connectivity index (χ4n) is 1.31. The molecule has 0 heterocycles. The molecule has 0 atom stereocenters. The van der Waals surface area contributed by atoms with Crippen LogP contribution in [0.25, 0.3) is 0 Å². The summed E-state index contributed by atoms with van der Waals surface area (Å²) in [5.41, 5.74) is -0.134. The monoisotopic (exact) mass is 366 g/mol. The Morgan fingerprint density at radius 3 is 1.14 bits per heavy atom. The number of carbonyl (C=O) groups is 2. The van der Waals surface area contributed by atoms with Crippen LogP contribution in [0.5, 0.6) is 11.5 Å². The Balaban J connectivity index is 0.000000364. The predicted octanol–water partition coefficient (Wildman–Crippen LogP) is 2.18. The summed E-state index contributed by atoms with van der Waals surface area (Å²) >= 11 is 0. The zero-order valence-electron chi connectivity index (χ0n) is 10.7. The number of rotatable bonds is 2. The van der Waals surface area contributed by atoms with Crippen LogP contribution in [0, 0.1) is 0 Å². The van der Waals surface area contributed by atoms with E-state index in [1.807, 2.05) is 0 Å². The van der Waals surface area contributed by atoms with Crippen molar-refractivity contribution in [2.24, 2.45) is 0 Å². The van der Waals surface area contributed by atoms with Crippen LogP contribution in [0.3, 0.4) is 0 Å². The number of hydrogen-bond acceptors (Lipinski definition) is 4. The maximum Gasteiger partial charge on any atom is 0.339 e. The Bertz CT molecular complexity index is 571. The van der Waals surface area contributed by atoms with Gasteiger partial charge in [-0.05, 0) is 24.3 Å². The molecule has 7 heteroatoms. The number of carboxylic acids is 2. The fourth-order valence-corrected chi connectivity index (χ4v) is 1.31. The van der Waals surface area contributed by atoms with Crippen LogP contribution in [0.15, 0.2) is 48.5 Å². The van der Waals surface area contributed by atoms with Crippen molar-refractivity contribution in [1.29, 1.82) is 0 Å². The van der Waals surface area contributed by atoms with Gasteiger partial charge in [-0.3, -0.25) is 0 Å². The molecule has 0 aliphatic rings. The van der Waals surface area contributed by atoms with E-state index in [0.29, 0.717) is 0 Å². The molecule has 2 aromatic rings. The fraction of sp³-hybridized carbons (Fsp3) is 0. The number of benzene rings is 2. The van der Waals surface area contributed by atoms with E-state index in [4.69, 9.17) is 20.4 Å². The first kappa shape index (κ1) is 18.9. The van der Waals surface area contributed by atoms with Crippen molar-refractivity contribution < 1.29 is 56.2 Å². The second-order valence-corrected chi connectivity index (χ2v) is 3.64. The summed E-state index contributed by atoms with van der Waals surface area (Å²) in [6.07, 6.45) is 0. The number of phenols is 2. The minimum absolute atomic E-state index is 0. The average Bonchev–Trinajstić information content (AvgIpc) is 2.40. The van der Waals surface area contributed by atoms with E-state index < -0.39 is 11.9 Å². The predicted molar refractivity (Wildman–Crippen MR) is 70.1 cm³/mol. The smallest absolute Gasteiger partial charge is 0.339 e. The minimum Gasteiger partial charge on any atom is -0.507 e. The van der Waals surface area contributed by atoms with Crippen molar-refractivity contribution in [3.63, 3.8) is 0 Å². The molecule has 0 spiro atoms. The second kappa shape index (κ2) is 8.92. The van der Waals surface area contributed by atoms with Crippen LogP contribution in [0.4, 0.5) is 0 Å². The summed E-state index contributed by atoms with van der Waals surface area (Å²) in [5, 5.41) is 34.6. The molecule has 0 aromatic heterocycles. The van der Waals surface area contributed by atoms with Gasteiger partial charge in [-0.25, -0.2) is 9.59 Å². The molecule has 108 valence electrons. The van der Waals surface area contributed by atoms with Crippen LogP contribution in [0.2, 0.25) is 0 Å². The molecule has 0 saturated heterocycles. The van der Waals surface area contributed by atoms with Crippen molar-refractivity contribution in [2.45, 2.75) is 0 Å². The molecule has 4 N–H and O–H groups in total. The third kappa shape index (κ3) is 5.79. The topological polar surface area (TPSA) is 115 Å². The zero-order valence-corrected chi connectivity index (χ0v) is 13.2. The van der Waals surface area contributed by atoms with E-state index in [1.54, 1.807) is 24.3 Å². The molecule has 0 amide bonds. The third-order valence-electron chi connectivity index (χ3n) is 2.27. The minimum atomic E-state index is -1.11. The van der Waals surface area contributed by atoms with Gasteiger partial charge in [0.2, 0.25) is 0 Å². The zero-order chi connectivity index (χ0) is 15.1. The van der Waals surface area contributed by atoms with Crippen molar-refractivity contribution in [3.8, 4) is 11.5 Å². The first-order chi connectivity index (χ1) is 9.43. The van der Waals surface area contributed by atoms with Gasteiger partial charge in [0.15, 0.2) is 0 Å². The number of aromatic hydroxyl groups is 2. The first-order valence-electron chi connectivity index (χ1n) is 5.46. The Kier molecular flexibility index (Phi) is 8.01. The molecule has 0 saturated carbocycles. The van der Waals surface area contributed by atoms with E-state index in [1.165, 1.54) is 24.3 Å². The molecular weight excluding hydrogens is 355 g/mol. The van der Waals surface area contributed by atoms with Crippen LogP contribution in [-0.4, -0.2) is 32.4 Å². The van der Waals surface area contributed by atoms with Gasteiger partial charge in [0, 0.05) is 26.2 Å². The molecule has 0 radical (unpaired) electrons. The molecule has 0 fully saturated rings. The third-order valence-corrected chi connectivity index (χ3v) is 2.27. The molecule has 2 rings (SSSR count). The van der Waals surface area contributed by atoms with E-state index >= 15 is 0 Å². The molecule has 2 aromatic carbocycles. The molecule has 0 aliphatic heterocycles. The standard InChI is InChI=1S/2C7H6O3.Zr/c2*8-6-4-2-1-3-5(6)7(9)10;/h2*1-4,8H,(H,9,10);. The Morgan fingerprint density at radius 2 is 0.952 bits per heavy atom. The number of para-hydroxylation sites is 2. The van der Waals surface area contributed by atoms with Gasteiger partial charge in [-0.15, -0.1) is 0 Å². The van der Waals surface area contributed by atoms with E-state index in [2.05, 4.69) is 0 Å². The Morgan fingerprint density at radius 1 is 0.667 bits per heavy atom. The summed E-state index contributed by atoms with van der Waals surface area (Å²) in [6, 6.07) is 11.6. The molecule has 21 heavy (non-hydrogen) atoms. The van der Waals surface area contributed by atoms with Crippen LogP contribution in [-0.2, 0) is 26.2 Å². The molecule has 0 bridgehead atoms. The van der Waals surface area contributed by atoms with Gasteiger partial charge in [0.05, 0.1) is 0 Å². The SMILES string of the molecule is O=C(O)c1ccccc1O.O=C(O)c1ccccc1O.[Zr]. The van der Waals surface area contributed by atoms with Crippen molar-refractivity contribution in [3.05, 3.63) is 59.7 Å². The first-order valence-corrected chi connectivity index (χ1v) is 5.46. The number of carboxylic acid groups (broad SMARTS) is 2. The van der Waals surface area contributed by atoms with Crippen molar-refractivity contribution in [2.75, 3.05) is 0 Å². The summed E-state index contributed by atoms with van der Waals surface area (Å²) in [6.45, 7) is 0. The van der Waals surface area contributed by atoms with Gasteiger partial charge in [-0.2, -0.15) is 0 Å². The van der Waals surface area contributed by atoms with Gasteiger partial charge in [0.1, 0.15) is 22.6 Å². The Labute approximate surface area is 139 Å². The van der Waals surface area contributed by atoms with E-state index in [0.717, 1.165) is 0 Å². The normalized spacial score (nSPS) is 8.76. The molecule has 0 aliphatic carbocycles. The molecular formula is C14H12O6Zr. The Hall–Kier alpha value is -2.14. The largest absolute Gasteiger partial charge is 0.507 e. The number of aromatic carboxylic acids is 2. The maximum absolute atomic E-state index is 10.3. The molecule has 6 nitrogen and oxygen atoms in total. The van der Waals surface area contributed by atoms with Gasteiger partial charge >= 0.3 is 11.9 Å². The van der Waals surface area contributed by atoms with Crippen molar-refractivity contribution in [1.82, 2.24) is 0 Å². The average molecular weight is 367 g/mol. The van der Waals surface area contributed by atoms with Crippen LogP contribution in [0.1, 0.15) is 20.7 Å². The van der Waals surface area contributed by atoms with Crippen LogP contribution < -0.4 is 0 Å². The van der Waals surface area contributed by atoms with Gasteiger partial charge < -0.3 is 20.4 Å².